The molecule has 0 saturated heterocycles. The van der Waals surface area contributed by atoms with E-state index in [2.05, 4.69) is 10.2 Å². The summed E-state index contributed by atoms with van der Waals surface area (Å²) in [5.74, 6) is 1.44. The first-order valence-electron chi connectivity index (χ1n) is 5.47. The van der Waals surface area contributed by atoms with Crippen molar-refractivity contribution in [1.82, 2.24) is 14.8 Å². The van der Waals surface area contributed by atoms with Crippen LogP contribution in [0.25, 0.3) is 0 Å². The van der Waals surface area contributed by atoms with E-state index >= 15 is 0 Å². The molecule has 0 radical (unpaired) electrons. The molecule has 1 aromatic carbocycles. The molecule has 0 aliphatic heterocycles. The van der Waals surface area contributed by atoms with Gasteiger partial charge >= 0.3 is 6.01 Å². The van der Waals surface area contributed by atoms with Crippen LogP contribution in [0.3, 0.4) is 0 Å². The molecule has 1 heterocycles. The zero-order valence-electron chi connectivity index (χ0n) is 10.2. The molecule has 2 rings (SSSR count). The SMILES string of the molecule is Cc1ccc(Oc2nnc([C@@H](C)N)n2C)cc1. The molecule has 17 heavy (non-hydrogen) atoms. The van der Waals surface area contributed by atoms with E-state index < -0.39 is 0 Å². The Morgan fingerprint density at radius 3 is 2.41 bits per heavy atom. The van der Waals surface area contributed by atoms with Gasteiger partial charge in [-0.05, 0) is 26.0 Å². The monoisotopic (exact) mass is 232 g/mol. The molecule has 0 unspecified atom stereocenters. The van der Waals surface area contributed by atoms with Gasteiger partial charge < -0.3 is 10.5 Å². The lowest BCUT2D eigenvalue weighted by molar-refractivity contribution is 0.419. The predicted octanol–water partition coefficient (Wildman–Crippen LogP) is 1.94. The van der Waals surface area contributed by atoms with E-state index in [0.717, 1.165) is 5.75 Å². The number of ether oxygens (including phenoxy) is 1. The van der Waals surface area contributed by atoms with Gasteiger partial charge in [0.1, 0.15) is 5.75 Å². The number of nitrogens with zero attached hydrogens (tertiary/aromatic N) is 3. The number of hydrogen-bond donors (Lipinski definition) is 1. The lowest BCUT2D eigenvalue weighted by atomic mass is 10.2. The standard InChI is InChI=1S/C12H16N4O/c1-8-4-6-10(7-5-8)17-12-15-14-11(9(2)13)16(12)3/h4-7,9H,13H2,1-3H3/t9-/m1/s1. The van der Waals surface area contributed by atoms with Crippen LogP contribution in [0.4, 0.5) is 0 Å². The van der Waals surface area contributed by atoms with Crippen LogP contribution in [-0.2, 0) is 7.05 Å². The normalized spacial score (nSPS) is 12.5. The van der Waals surface area contributed by atoms with Crippen LogP contribution in [0.2, 0.25) is 0 Å². The number of aryl methyl sites for hydroxylation is 1. The lowest BCUT2D eigenvalue weighted by Crippen LogP contribution is -2.11. The van der Waals surface area contributed by atoms with Gasteiger partial charge in [0, 0.05) is 7.05 Å². The predicted molar refractivity (Wildman–Crippen MR) is 64.9 cm³/mol. The summed E-state index contributed by atoms with van der Waals surface area (Å²) >= 11 is 0. The fourth-order valence-electron chi connectivity index (χ4n) is 1.52. The second kappa shape index (κ2) is 4.55. The summed E-state index contributed by atoms with van der Waals surface area (Å²) < 4.78 is 7.38. The topological polar surface area (TPSA) is 66.0 Å². The molecule has 1 atom stereocenters. The molecule has 0 fully saturated rings. The van der Waals surface area contributed by atoms with Gasteiger partial charge in [0.15, 0.2) is 5.82 Å². The molecule has 0 spiro atoms. The second-order valence-corrected chi connectivity index (χ2v) is 4.10. The van der Waals surface area contributed by atoms with E-state index in [4.69, 9.17) is 10.5 Å². The van der Waals surface area contributed by atoms with Crippen molar-refractivity contribution in [2.45, 2.75) is 19.9 Å². The van der Waals surface area contributed by atoms with E-state index in [-0.39, 0.29) is 6.04 Å². The van der Waals surface area contributed by atoms with Gasteiger partial charge in [0.25, 0.3) is 0 Å². The average molecular weight is 232 g/mol. The molecule has 0 aliphatic rings. The van der Waals surface area contributed by atoms with Gasteiger partial charge in [0.05, 0.1) is 6.04 Å². The van der Waals surface area contributed by atoms with Crippen molar-refractivity contribution in [3.05, 3.63) is 35.7 Å². The highest BCUT2D eigenvalue weighted by Crippen LogP contribution is 2.21. The Hall–Kier alpha value is -1.88. The highest BCUT2D eigenvalue weighted by Gasteiger charge is 2.13. The molecule has 5 nitrogen and oxygen atoms in total. The highest BCUT2D eigenvalue weighted by molar-refractivity contribution is 5.28. The third-order valence-corrected chi connectivity index (χ3v) is 2.51. The third kappa shape index (κ3) is 2.45. The summed E-state index contributed by atoms with van der Waals surface area (Å²) in [6.07, 6.45) is 0. The highest BCUT2D eigenvalue weighted by atomic mass is 16.5. The number of aromatic nitrogens is 3. The van der Waals surface area contributed by atoms with Crippen LogP contribution >= 0.6 is 0 Å². The molecule has 0 bridgehead atoms. The van der Waals surface area contributed by atoms with Crippen molar-refractivity contribution in [2.75, 3.05) is 0 Å². The summed E-state index contributed by atoms with van der Waals surface area (Å²) in [5.41, 5.74) is 6.95. The van der Waals surface area contributed by atoms with Gasteiger partial charge in [-0.25, -0.2) is 0 Å². The van der Waals surface area contributed by atoms with Crippen molar-refractivity contribution < 1.29 is 4.74 Å². The minimum atomic E-state index is -0.164. The first-order chi connectivity index (χ1) is 8.08. The summed E-state index contributed by atoms with van der Waals surface area (Å²) in [4.78, 5) is 0. The van der Waals surface area contributed by atoms with E-state index in [1.54, 1.807) is 4.57 Å². The van der Waals surface area contributed by atoms with E-state index in [1.165, 1.54) is 5.56 Å². The maximum atomic E-state index is 5.76. The first-order valence-corrected chi connectivity index (χ1v) is 5.47. The van der Waals surface area contributed by atoms with Crippen LogP contribution in [0, 0.1) is 6.92 Å². The van der Waals surface area contributed by atoms with Crippen molar-refractivity contribution in [2.24, 2.45) is 12.8 Å². The number of benzene rings is 1. The van der Waals surface area contributed by atoms with Gasteiger partial charge in [-0.15, -0.1) is 5.10 Å². The smallest absolute Gasteiger partial charge is 0.322 e. The molecule has 0 aliphatic carbocycles. The molecule has 2 aromatic rings. The van der Waals surface area contributed by atoms with Gasteiger partial charge in [-0.3, -0.25) is 4.57 Å². The van der Waals surface area contributed by atoms with Crippen molar-refractivity contribution in [3.8, 4) is 11.8 Å². The maximum absolute atomic E-state index is 5.76. The molecule has 0 saturated carbocycles. The zero-order valence-corrected chi connectivity index (χ0v) is 10.2. The molecular formula is C12H16N4O. The number of hydrogen-bond acceptors (Lipinski definition) is 4. The van der Waals surface area contributed by atoms with Crippen molar-refractivity contribution in [1.29, 1.82) is 0 Å². The van der Waals surface area contributed by atoms with E-state index in [0.29, 0.717) is 11.8 Å². The fourth-order valence-corrected chi connectivity index (χ4v) is 1.52. The Balaban J connectivity index is 2.22. The van der Waals surface area contributed by atoms with Crippen molar-refractivity contribution >= 4 is 0 Å². The Morgan fingerprint density at radius 1 is 1.24 bits per heavy atom. The lowest BCUT2D eigenvalue weighted by Gasteiger charge is -2.07. The minimum Gasteiger partial charge on any atom is -0.424 e. The average Bonchev–Trinajstić information content (AvgIpc) is 2.64. The molecule has 0 amide bonds. The van der Waals surface area contributed by atoms with E-state index in [9.17, 15) is 0 Å². The molecule has 5 heteroatoms. The number of nitrogens with two attached hydrogens (primary N) is 1. The van der Waals surface area contributed by atoms with Crippen LogP contribution in [0.1, 0.15) is 24.4 Å². The van der Waals surface area contributed by atoms with E-state index in [1.807, 2.05) is 45.2 Å². The maximum Gasteiger partial charge on any atom is 0.322 e. The van der Waals surface area contributed by atoms with Crippen molar-refractivity contribution in [3.63, 3.8) is 0 Å². The quantitative estimate of drug-likeness (QED) is 0.878. The largest absolute Gasteiger partial charge is 0.424 e. The van der Waals surface area contributed by atoms with Crippen LogP contribution in [0.15, 0.2) is 24.3 Å². The Bertz CT molecular complexity index is 502. The van der Waals surface area contributed by atoms with Crippen LogP contribution < -0.4 is 10.5 Å². The Kier molecular flexibility index (Phi) is 3.10. The van der Waals surface area contributed by atoms with Crippen LogP contribution in [0.5, 0.6) is 11.8 Å². The zero-order chi connectivity index (χ0) is 12.4. The van der Waals surface area contributed by atoms with Crippen LogP contribution in [-0.4, -0.2) is 14.8 Å². The molecule has 90 valence electrons. The second-order valence-electron chi connectivity index (χ2n) is 4.10. The molecule has 1 aromatic heterocycles. The minimum absolute atomic E-state index is 0.164. The number of rotatable bonds is 3. The summed E-state index contributed by atoms with van der Waals surface area (Å²) in [7, 11) is 1.84. The molecular weight excluding hydrogens is 216 g/mol. The summed E-state index contributed by atoms with van der Waals surface area (Å²) in [6, 6.07) is 8.05. The van der Waals surface area contributed by atoms with Gasteiger partial charge in [-0.1, -0.05) is 22.8 Å². The summed E-state index contributed by atoms with van der Waals surface area (Å²) in [5, 5.41) is 7.96. The third-order valence-electron chi connectivity index (χ3n) is 2.51. The Morgan fingerprint density at radius 2 is 1.88 bits per heavy atom. The molecule has 2 N–H and O–H groups in total. The summed E-state index contributed by atoms with van der Waals surface area (Å²) in [6.45, 7) is 3.89. The van der Waals surface area contributed by atoms with Gasteiger partial charge in [0.2, 0.25) is 0 Å². The first kappa shape index (κ1) is 11.6. The Labute approximate surface area is 100 Å². The van der Waals surface area contributed by atoms with Gasteiger partial charge in [-0.2, -0.15) is 0 Å². The fraction of sp³-hybridized carbons (Fsp3) is 0.333.